The van der Waals surface area contributed by atoms with E-state index in [1.165, 1.54) is 0 Å². The van der Waals surface area contributed by atoms with Crippen molar-refractivity contribution in [3.8, 4) is 0 Å². The molecular formula is C6H13N2S2+. The molecular weight excluding hydrogens is 164 g/mol. The zero-order valence-electron chi connectivity index (χ0n) is 6.12. The van der Waals surface area contributed by atoms with Crippen LogP contribution in [0, 0.1) is 0 Å². The first-order valence-corrected chi connectivity index (χ1v) is 4.28. The van der Waals surface area contributed by atoms with Gasteiger partial charge in [0.15, 0.2) is 13.1 Å². The van der Waals surface area contributed by atoms with Crippen molar-refractivity contribution in [1.82, 2.24) is 4.90 Å². The minimum absolute atomic E-state index is 0.841. The lowest BCUT2D eigenvalue weighted by atomic mass is 10.4. The minimum Gasteiger partial charge on any atom is -0.294 e. The lowest BCUT2D eigenvalue weighted by molar-refractivity contribution is -0.534. The van der Waals surface area contributed by atoms with Crippen molar-refractivity contribution < 1.29 is 4.58 Å². The molecule has 0 unspecified atom stereocenters. The molecule has 0 saturated carbocycles. The highest BCUT2D eigenvalue weighted by atomic mass is 32.2. The van der Waals surface area contributed by atoms with Crippen LogP contribution in [0.4, 0.5) is 0 Å². The van der Waals surface area contributed by atoms with E-state index in [1.54, 1.807) is 0 Å². The Morgan fingerprint density at radius 1 is 1.30 bits per heavy atom. The van der Waals surface area contributed by atoms with Crippen LogP contribution in [0.1, 0.15) is 0 Å². The summed E-state index contributed by atoms with van der Waals surface area (Å²) >= 11 is 8.32. The summed E-state index contributed by atoms with van der Waals surface area (Å²) in [6.45, 7) is 4.34. The van der Waals surface area contributed by atoms with E-state index in [1.807, 2.05) is 0 Å². The summed E-state index contributed by atoms with van der Waals surface area (Å²) in [5.74, 6) is 0. The van der Waals surface area contributed by atoms with Crippen molar-refractivity contribution in [3.63, 3.8) is 0 Å². The van der Waals surface area contributed by atoms with E-state index < -0.39 is 0 Å². The Hall–Kier alpha value is 0.330. The first-order valence-electron chi connectivity index (χ1n) is 3.38. The van der Waals surface area contributed by atoms with Crippen LogP contribution in [-0.4, -0.2) is 47.1 Å². The molecule has 1 fully saturated rings. The molecule has 1 rings (SSSR count). The average Bonchev–Trinajstić information content (AvgIpc) is 1.88. The highest BCUT2D eigenvalue weighted by Gasteiger charge is 2.16. The Morgan fingerprint density at radius 3 is 2.20 bits per heavy atom. The number of thiol groups is 2. The molecule has 0 spiro atoms. The van der Waals surface area contributed by atoms with Gasteiger partial charge in [0.05, 0.1) is 13.1 Å². The molecule has 0 bridgehead atoms. The molecule has 0 radical (unpaired) electrons. The van der Waals surface area contributed by atoms with E-state index in [-0.39, 0.29) is 0 Å². The first kappa shape index (κ1) is 8.43. The van der Waals surface area contributed by atoms with Crippen LogP contribution in [-0.2, 0) is 0 Å². The normalized spacial score (nSPS) is 21.3. The molecule has 4 heteroatoms. The highest BCUT2D eigenvalue weighted by Crippen LogP contribution is 1.97. The van der Waals surface area contributed by atoms with E-state index in [0.717, 1.165) is 30.6 Å². The van der Waals surface area contributed by atoms with Gasteiger partial charge in [0.1, 0.15) is 0 Å². The van der Waals surface area contributed by atoms with Crippen molar-refractivity contribution in [2.75, 3.05) is 33.2 Å². The van der Waals surface area contributed by atoms with Crippen LogP contribution < -0.4 is 0 Å². The quantitative estimate of drug-likeness (QED) is 0.304. The van der Waals surface area contributed by atoms with Crippen molar-refractivity contribution in [2.45, 2.75) is 0 Å². The summed E-state index contributed by atoms with van der Waals surface area (Å²) in [5, 5.41) is 0. The summed E-state index contributed by atoms with van der Waals surface area (Å²) in [6.07, 6.45) is 0. The van der Waals surface area contributed by atoms with Gasteiger partial charge in [0.2, 0.25) is 0 Å². The lowest BCUT2D eigenvalue weighted by Crippen LogP contribution is -2.40. The molecule has 1 aliphatic heterocycles. The van der Waals surface area contributed by atoms with Gasteiger partial charge in [-0.25, -0.2) is 4.58 Å². The van der Waals surface area contributed by atoms with E-state index in [2.05, 4.69) is 41.8 Å². The summed E-state index contributed by atoms with van der Waals surface area (Å²) in [7, 11) is 2.13. The molecule has 1 heterocycles. The fourth-order valence-electron chi connectivity index (χ4n) is 1.01. The summed E-state index contributed by atoms with van der Waals surface area (Å²) in [5.41, 5.74) is 0. The Bertz CT molecular complexity index is 142. The molecule has 1 aliphatic rings. The van der Waals surface area contributed by atoms with Crippen LogP contribution in [0.2, 0.25) is 0 Å². The second-order valence-corrected chi connectivity index (χ2v) is 3.79. The maximum absolute atomic E-state index is 4.16. The van der Waals surface area contributed by atoms with Gasteiger partial charge < -0.3 is 0 Å². The maximum Gasteiger partial charge on any atom is 0.263 e. The molecule has 0 aromatic heterocycles. The van der Waals surface area contributed by atoms with Crippen molar-refractivity contribution in [3.05, 3.63) is 0 Å². The van der Waals surface area contributed by atoms with Crippen LogP contribution in [0.5, 0.6) is 0 Å². The van der Waals surface area contributed by atoms with Gasteiger partial charge in [-0.15, -0.1) is 0 Å². The molecule has 0 aliphatic carbocycles. The summed E-state index contributed by atoms with van der Waals surface area (Å²) < 4.78 is 3.01. The van der Waals surface area contributed by atoms with Crippen LogP contribution in [0.25, 0.3) is 0 Å². The van der Waals surface area contributed by atoms with Gasteiger partial charge in [0, 0.05) is 0 Å². The predicted molar refractivity (Wildman–Crippen MR) is 50.5 cm³/mol. The van der Waals surface area contributed by atoms with Crippen molar-refractivity contribution in [2.24, 2.45) is 0 Å². The largest absolute Gasteiger partial charge is 0.294 e. The summed E-state index contributed by atoms with van der Waals surface area (Å²) in [4.78, 5) is 2.31. The number of rotatable bonds is 0. The van der Waals surface area contributed by atoms with Crippen molar-refractivity contribution >= 4 is 29.6 Å². The van der Waals surface area contributed by atoms with Crippen LogP contribution in [0.15, 0.2) is 0 Å². The SMILES string of the molecule is CN1CC[N+](=C(S)S)CC1. The zero-order valence-corrected chi connectivity index (χ0v) is 7.91. The standard InChI is InChI=1S/C6H12N2S2/c1-7-2-4-8(5-3-7)6(9)10/h2-5H2,1H3,(H,9,10)/p+1. The number of hydrogen-bond donors (Lipinski definition) is 2. The summed E-state index contributed by atoms with van der Waals surface area (Å²) in [6, 6.07) is 0. The molecule has 10 heavy (non-hydrogen) atoms. The molecule has 58 valence electrons. The Labute approximate surface area is 72.7 Å². The van der Waals surface area contributed by atoms with E-state index >= 15 is 0 Å². The van der Waals surface area contributed by atoms with E-state index in [0.29, 0.717) is 0 Å². The third-order valence-electron chi connectivity index (χ3n) is 1.79. The van der Waals surface area contributed by atoms with Crippen LogP contribution in [0.3, 0.4) is 0 Å². The average molecular weight is 177 g/mol. The fraction of sp³-hybridized carbons (Fsp3) is 0.833. The number of hydrogen-bond acceptors (Lipinski definition) is 1. The van der Waals surface area contributed by atoms with Crippen LogP contribution >= 0.6 is 25.3 Å². The number of piperazine rings is 1. The second kappa shape index (κ2) is 3.64. The Balaban J connectivity index is 2.48. The molecule has 0 atom stereocenters. The van der Waals surface area contributed by atoms with Crippen molar-refractivity contribution in [1.29, 1.82) is 0 Å². The minimum atomic E-state index is 0.841. The predicted octanol–water partition coefficient (Wildman–Crippen LogP) is 0.160. The van der Waals surface area contributed by atoms with Gasteiger partial charge in [-0.3, -0.25) is 4.90 Å². The first-order chi connectivity index (χ1) is 4.70. The fourth-order valence-corrected chi connectivity index (χ4v) is 1.41. The monoisotopic (exact) mass is 177 g/mol. The van der Waals surface area contributed by atoms with Gasteiger partial charge in [0.25, 0.3) is 4.38 Å². The maximum atomic E-state index is 4.16. The molecule has 0 aromatic rings. The van der Waals surface area contributed by atoms with Gasteiger partial charge in [-0.1, -0.05) is 25.3 Å². The number of nitrogens with zero attached hydrogens (tertiary/aromatic N) is 2. The van der Waals surface area contributed by atoms with Gasteiger partial charge in [-0.2, -0.15) is 0 Å². The molecule has 0 amide bonds. The topological polar surface area (TPSA) is 6.25 Å². The Kier molecular flexibility index (Phi) is 3.07. The van der Waals surface area contributed by atoms with Gasteiger partial charge in [-0.05, 0) is 7.05 Å². The molecule has 2 nitrogen and oxygen atoms in total. The zero-order chi connectivity index (χ0) is 7.56. The van der Waals surface area contributed by atoms with E-state index in [9.17, 15) is 0 Å². The second-order valence-electron chi connectivity index (χ2n) is 2.59. The molecule has 0 aromatic carbocycles. The third kappa shape index (κ3) is 2.18. The Morgan fingerprint density at radius 2 is 1.80 bits per heavy atom. The molecule has 0 N–H and O–H groups in total. The third-order valence-corrected chi connectivity index (χ3v) is 2.35. The van der Waals surface area contributed by atoms with E-state index in [4.69, 9.17) is 0 Å². The number of likely N-dealkylation sites (N-methyl/N-ethyl adjacent to an activating group) is 1. The lowest BCUT2D eigenvalue weighted by Gasteiger charge is -2.20. The highest BCUT2D eigenvalue weighted by molar-refractivity contribution is 8.23. The molecule has 1 saturated heterocycles. The smallest absolute Gasteiger partial charge is 0.263 e. The van der Waals surface area contributed by atoms with Gasteiger partial charge >= 0.3 is 0 Å².